The molecule has 4 heteroatoms. The summed E-state index contributed by atoms with van der Waals surface area (Å²) in [5.41, 5.74) is 0. The fraction of sp³-hybridized carbons (Fsp3) is 0.667. The van der Waals surface area contributed by atoms with Crippen molar-refractivity contribution in [3.05, 3.63) is 6.10 Å². The summed E-state index contributed by atoms with van der Waals surface area (Å²) in [6.45, 7) is 1.26. The summed E-state index contributed by atoms with van der Waals surface area (Å²) >= 11 is 0. The van der Waals surface area contributed by atoms with Crippen LogP contribution in [0.3, 0.4) is 0 Å². The van der Waals surface area contributed by atoms with Gasteiger partial charge >= 0.3 is 0 Å². The van der Waals surface area contributed by atoms with Gasteiger partial charge < -0.3 is 15.2 Å². The third kappa shape index (κ3) is 1.76. The molecular weight excluding hydrogens is 134 g/mol. The molecule has 1 aliphatic rings. The number of hydrogen-bond acceptors (Lipinski definition) is 4. The number of hydrogen-bond donors (Lipinski definition) is 2. The van der Waals surface area contributed by atoms with Gasteiger partial charge in [-0.15, -0.1) is 0 Å². The summed E-state index contributed by atoms with van der Waals surface area (Å²) in [6, 6.07) is 0. The Morgan fingerprint density at radius 1 is 1.80 bits per heavy atom. The van der Waals surface area contributed by atoms with Crippen molar-refractivity contribution in [1.29, 1.82) is 0 Å². The number of rotatable bonds is 2. The van der Waals surface area contributed by atoms with Gasteiger partial charge in [-0.3, -0.25) is 4.79 Å². The molecule has 0 atom stereocenters. The van der Waals surface area contributed by atoms with E-state index in [0.717, 1.165) is 6.54 Å². The molecule has 0 aromatic carbocycles. The van der Waals surface area contributed by atoms with Crippen LogP contribution in [0, 0.1) is 6.10 Å². The Labute approximate surface area is 59.2 Å². The molecule has 1 saturated heterocycles. The van der Waals surface area contributed by atoms with Crippen LogP contribution in [0.15, 0.2) is 0 Å². The summed E-state index contributed by atoms with van der Waals surface area (Å²) in [5.74, 6) is -0.327. The van der Waals surface area contributed by atoms with E-state index in [9.17, 15) is 4.79 Å². The minimum absolute atomic E-state index is 0.327. The van der Waals surface area contributed by atoms with Crippen LogP contribution in [-0.2, 0) is 9.53 Å². The van der Waals surface area contributed by atoms with Crippen LogP contribution >= 0.6 is 0 Å². The van der Waals surface area contributed by atoms with Crippen molar-refractivity contribution in [2.45, 2.75) is 0 Å². The number of Topliss-reactive ketones (excluding diaryl/α,β-unsaturated/α-hetero) is 1. The van der Waals surface area contributed by atoms with Crippen LogP contribution in [0.25, 0.3) is 0 Å². The first kappa shape index (κ1) is 7.65. The topological polar surface area (TPSA) is 58.6 Å². The molecule has 1 radical (unpaired) electrons. The van der Waals surface area contributed by atoms with Crippen LogP contribution in [0.5, 0.6) is 0 Å². The van der Waals surface area contributed by atoms with Gasteiger partial charge in [0.1, 0.15) is 6.61 Å². The maximum atomic E-state index is 10.7. The van der Waals surface area contributed by atoms with Gasteiger partial charge in [-0.2, -0.15) is 0 Å². The standard InChI is InChI=1S/C6H10NO3/c8-4-5(9)6-3-7-1-2-10-6/h7-8H,1-4H2. The molecular formula is C6H10NO3. The van der Waals surface area contributed by atoms with Gasteiger partial charge in [0.15, 0.2) is 11.9 Å². The van der Waals surface area contributed by atoms with Crippen molar-refractivity contribution in [1.82, 2.24) is 5.32 Å². The van der Waals surface area contributed by atoms with Crippen molar-refractivity contribution in [3.63, 3.8) is 0 Å². The van der Waals surface area contributed by atoms with Crippen molar-refractivity contribution in [3.8, 4) is 0 Å². The zero-order valence-electron chi connectivity index (χ0n) is 5.59. The molecule has 1 heterocycles. The molecule has 0 aromatic rings. The molecule has 2 N–H and O–H groups in total. The zero-order chi connectivity index (χ0) is 7.40. The van der Waals surface area contributed by atoms with Gasteiger partial charge in [-0.1, -0.05) is 0 Å². The Bertz CT molecular complexity index is 120. The van der Waals surface area contributed by atoms with Gasteiger partial charge in [0.05, 0.1) is 6.61 Å². The third-order valence-electron chi connectivity index (χ3n) is 1.30. The number of ether oxygens (including phenoxy) is 1. The second-order valence-corrected chi connectivity index (χ2v) is 2.03. The highest BCUT2D eigenvalue weighted by Gasteiger charge is 2.21. The van der Waals surface area contributed by atoms with Gasteiger partial charge in [-0.25, -0.2) is 0 Å². The van der Waals surface area contributed by atoms with Crippen molar-refractivity contribution < 1.29 is 14.6 Å². The minimum atomic E-state index is -0.461. The van der Waals surface area contributed by atoms with E-state index in [0.29, 0.717) is 19.3 Å². The van der Waals surface area contributed by atoms with Crippen LogP contribution in [0.1, 0.15) is 0 Å². The number of ketones is 1. The van der Waals surface area contributed by atoms with Crippen molar-refractivity contribution >= 4 is 5.78 Å². The molecule has 0 spiro atoms. The van der Waals surface area contributed by atoms with Crippen molar-refractivity contribution in [2.24, 2.45) is 0 Å². The summed E-state index contributed by atoms with van der Waals surface area (Å²) in [4.78, 5) is 10.7. The van der Waals surface area contributed by atoms with Gasteiger partial charge in [0.2, 0.25) is 0 Å². The quantitative estimate of drug-likeness (QED) is 0.505. The maximum Gasteiger partial charge on any atom is 0.194 e. The lowest BCUT2D eigenvalue weighted by molar-refractivity contribution is -0.126. The average molecular weight is 144 g/mol. The highest BCUT2D eigenvalue weighted by Crippen LogP contribution is 2.04. The smallest absolute Gasteiger partial charge is 0.194 e. The second kappa shape index (κ2) is 3.65. The summed E-state index contributed by atoms with van der Waals surface area (Å²) < 4.78 is 4.98. The monoisotopic (exact) mass is 144 g/mol. The second-order valence-electron chi connectivity index (χ2n) is 2.03. The fourth-order valence-electron chi connectivity index (χ4n) is 0.767. The van der Waals surface area contributed by atoms with E-state index in [1.165, 1.54) is 0 Å². The molecule has 1 fully saturated rings. The molecule has 1 aliphatic heterocycles. The van der Waals surface area contributed by atoms with Crippen LogP contribution in [0.4, 0.5) is 0 Å². The number of aliphatic hydroxyl groups is 1. The molecule has 1 rings (SSSR count). The van der Waals surface area contributed by atoms with E-state index in [4.69, 9.17) is 9.84 Å². The molecule has 4 nitrogen and oxygen atoms in total. The molecule has 10 heavy (non-hydrogen) atoms. The maximum absolute atomic E-state index is 10.7. The molecule has 57 valence electrons. The summed E-state index contributed by atoms with van der Waals surface area (Å²) in [7, 11) is 0. The lowest BCUT2D eigenvalue weighted by Gasteiger charge is -2.19. The number of morpholine rings is 1. The fourth-order valence-corrected chi connectivity index (χ4v) is 0.767. The molecule has 0 unspecified atom stereocenters. The Balaban J connectivity index is 2.31. The van der Waals surface area contributed by atoms with Gasteiger partial charge in [-0.05, 0) is 0 Å². The Morgan fingerprint density at radius 2 is 2.60 bits per heavy atom. The Hall–Kier alpha value is -0.450. The number of nitrogens with one attached hydrogen (secondary N) is 1. The molecule has 0 amide bonds. The molecule has 0 bridgehead atoms. The van der Waals surface area contributed by atoms with E-state index in [-0.39, 0.29) is 5.78 Å². The first-order valence-corrected chi connectivity index (χ1v) is 3.18. The number of carbonyl (C=O) groups is 1. The van der Waals surface area contributed by atoms with Crippen molar-refractivity contribution in [2.75, 3.05) is 26.3 Å². The normalized spacial score (nSPS) is 20.9. The minimum Gasteiger partial charge on any atom is -0.388 e. The highest BCUT2D eigenvalue weighted by atomic mass is 16.5. The summed E-state index contributed by atoms with van der Waals surface area (Å²) in [5, 5.41) is 11.4. The van der Waals surface area contributed by atoms with Gasteiger partial charge in [0, 0.05) is 13.1 Å². The molecule has 0 aliphatic carbocycles. The summed E-state index contributed by atoms with van der Waals surface area (Å²) in [6.07, 6.45) is 0.341. The Kier molecular flexibility index (Phi) is 2.80. The average Bonchev–Trinajstić information content (AvgIpc) is 2.05. The lowest BCUT2D eigenvalue weighted by atomic mass is 10.2. The van der Waals surface area contributed by atoms with E-state index < -0.39 is 6.61 Å². The SMILES string of the molecule is O=C(CO)[C]1CNCCO1. The largest absolute Gasteiger partial charge is 0.388 e. The van der Waals surface area contributed by atoms with Crippen LogP contribution in [0.2, 0.25) is 0 Å². The molecule has 0 aromatic heterocycles. The molecule has 0 saturated carbocycles. The zero-order valence-corrected chi connectivity index (χ0v) is 5.59. The third-order valence-corrected chi connectivity index (χ3v) is 1.30. The first-order chi connectivity index (χ1) is 4.84. The predicted octanol–water partition coefficient (Wildman–Crippen LogP) is -1.30. The predicted molar refractivity (Wildman–Crippen MR) is 34.2 cm³/mol. The highest BCUT2D eigenvalue weighted by molar-refractivity contribution is 5.91. The van der Waals surface area contributed by atoms with E-state index in [1.807, 2.05) is 0 Å². The Morgan fingerprint density at radius 3 is 3.10 bits per heavy atom. The van der Waals surface area contributed by atoms with Crippen LogP contribution in [-0.4, -0.2) is 37.2 Å². The van der Waals surface area contributed by atoms with E-state index in [2.05, 4.69) is 5.32 Å². The first-order valence-electron chi connectivity index (χ1n) is 3.18. The van der Waals surface area contributed by atoms with Gasteiger partial charge in [0.25, 0.3) is 0 Å². The van der Waals surface area contributed by atoms with E-state index in [1.54, 1.807) is 0 Å². The number of carbonyl (C=O) groups excluding carboxylic acids is 1. The van der Waals surface area contributed by atoms with E-state index >= 15 is 0 Å². The lowest BCUT2D eigenvalue weighted by Crippen LogP contribution is -2.38. The number of aliphatic hydroxyl groups excluding tert-OH is 1. The van der Waals surface area contributed by atoms with Crippen LogP contribution < -0.4 is 5.32 Å².